The molecule has 0 unspecified atom stereocenters. The van der Waals surface area contributed by atoms with Gasteiger partial charge in [0.05, 0.1) is 11.4 Å². The lowest BCUT2D eigenvalue weighted by atomic mass is 10.1. The second kappa shape index (κ2) is 5.32. The van der Waals surface area contributed by atoms with Gasteiger partial charge < -0.3 is 20.9 Å². The SMILES string of the molecule is CN1CCN(c2ccc(C(=O)NC3CC3)cc2N)CC1. The number of nitrogens with one attached hydrogen (secondary N) is 1. The number of likely N-dealkylation sites (N-methyl/N-ethyl adjacent to an activating group) is 1. The summed E-state index contributed by atoms with van der Waals surface area (Å²) >= 11 is 0. The fraction of sp³-hybridized carbons (Fsp3) is 0.533. The first-order chi connectivity index (χ1) is 9.63. The number of nitrogen functional groups attached to an aromatic ring is 1. The largest absolute Gasteiger partial charge is 0.397 e. The first-order valence-corrected chi connectivity index (χ1v) is 7.27. The highest BCUT2D eigenvalue weighted by atomic mass is 16.1. The van der Waals surface area contributed by atoms with Crippen molar-refractivity contribution in [2.45, 2.75) is 18.9 Å². The number of amides is 1. The Balaban J connectivity index is 1.71. The lowest BCUT2D eigenvalue weighted by molar-refractivity contribution is 0.0951. The van der Waals surface area contributed by atoms with Gasteiger partial charge in [-0.25, -0.2) is 0 Å². The Morgan fingerprint density at radius 1 is 1.25 bits per heavy atom. The third-order valence-corrected chi connectivity index (χ3v) is 4.05. The Morgan fingerprint density at radius 2 is 1.95 bits per heavy atom. The van der Waals surface area contributed by atoms with Gasteiger partial charge in [-0.2, -0.15) is 0 Å². The van der Waals surface area contributed by atoms with E-state index in [9.17, 15) is 4.79 Å². The van der Waals surface area contributed by atoms with Crippen LogP contribution in [0.15, 0.2) is 18.2 Å². The molecular formula is C15H22N4O. The Kier molecular flexibility index (Phi) is 3.53. The van der Waals surface area contributed by atoms with E-state index in [0.29, 0.717) is 17.3 Å². The van der Waals surface area contributed by atoms with Gasteiger partial charge in [-0.3, -0.25) is 4.79 Å². The molecule has 0 spiro atoms. The third kappa shape index (κ3) is 2.88. The van der Waals surface area contributed by atoms with E-state index >= 15 is 0 Å². The van der Waals surface area contributed by atoms with Crippen molar-refractivity contribution in [1.29, 1.82) is 0 Å². The quantitative estimate of drug-likeness (QED) is 0.804. The van der Waals surface area contributed by atoms with Crippen molar-refractivity contribution < 1.29 is 4.79 Å². The Hall–Kier alpha value is -1.75. The van der Waals surface area contributed by atoms with E-state index in [1.54, 1.807) is 6.07 Å². The van der Waals surface area contributed by atoms with Crippen molar-refractivity contribution in [1.82, 2.24) is 10.2 Å². The molecule has 2 fully saturated rings. The number of nitrogens with zero attached hydrogens (tertiary/aromatic N) is 2. The Bertz CT molecular complexity index is 505. The number of carbonyl (C=O) groups excluding carboxylic acids is 1. The summed E-state index contributed by atoms with van der Waals surface area (Å²) in [5.41, 5.74) is 8.53. The molecule has 108 valence electrons. The molecule has 1 heterocycles. The zero-order chi connectivity index (χ0) is 14.1. The summed E-state index contributed by atoms with van der Waals surface area (Å²) in [6.07, 6.45) is 2.20. The summed E-state index contributed by atoms with van der Waals surface area (Å²) in [6.45, 7) is 4.05. The van der Waals surface area contributed by atoms with Crippen molar-refractivity contribution in [3.05, 3.63) is 23.8 Å². The summed E-state index contributed by atoms with van der Waals surface area (Å²) in [6, 6.07) is 6.02. The van der Waals surface area contributed by atoms with E-state index in [1.807, 2.05) is 12.1 Å². The number of carbonyl (C=O) groups is 1. The highest BCUT2D eigenvalue weighted by molar-refractivity contribution is 5.96. The molecule has 3 rings (SSSR count). The van der Waals surface area contributed by atoms with Crippen molar-refractivity contribution in [2.24, 2.45) is 0 Å². The summed E-state index contributed by atoms with van der Waals surface area (Å²) in [5.74, 6) is -0.0101. The summed E-state index contributed by atoms with van der Waals surface area (Å²) in [5, 5.41) is 2.99. The fourth-order valence-electron chi connectivity index (χ4n) is 2.53. The van der Waals surface area contributed by atoms with Crippen LogP contribution in [-0.4, -0.2) is 50.1 Å². The van der Waals surface area contributed by atoms with Gasteiger partial charge in [0.2, 0.25) is 0 Å². The van der Waals surface area contributed by atoms with Crippen LogP contribution in [-0.2, 0) is 0 Å². The lowest BCUT2D eigenvalue weighted by Gasteiger charge is -2.34. The number of nitrogens with two attached hydrogens (primary N) is 1. The Morgan fingerprint density at radius 3 is 2.55 bits per heavy atom. The van der Waals surface area contributed by atoms with Crippen molar-refractivity contribution in [3.8, 4) is 0 Å². The smallest absolute Gasteiger partial charge is 0.251 e. The van der Waals surface area contributed by atoms with Gasteiger partial charge in [-0.15, -0.1) is 0 Å². The van der Waals surface area contributed by atoms with E-state index in [4.69, 9.17) is 5.73 Å². The van der Waals surface area contributed by atoms with Crippen molar-refractivity contribution >= 4 is 17.3 Å². The average Bonchev–Trinajstić information content (AvgIpc) is 3.24. The van der Waals surface area contributed by atoms with Crippen LogP contribution in [0.2, 0.25) is 0 Å². The topological polar surface area (TPSA) is 61.6 Å². The second-order valence-electron chi connectivity index (χ2n) is 5.81. The third-order valence-electron chi connectivity index (χ3n) is 4.05. The maximum Gasteiger partial charge on any atom is 0.251 e. The zero-order valence-electron chi connectivity index (χ0n) is 11.9. The number of piperazine rings is 1. The maximum absolute atomic E-state index is 12.0. The van der Waals surface area contributed by atoms with Crippen LogP contribution in [0, 0.1) is 0 Å². The van der Waals surface area contributed by atoms with E-state index in [-0.39, 0.29) is 5.91 Å². The number of rotatable bonds is 3. The van der Waals surface area contributed by atoms with Crippen LogP contribution in [0.1, 0.15) is 23.2 Å². The molecule has 5 heteroatoms. The van der Waals surface area contributed by atoms with Gasteiger partial charge in [0.25, 0.3) is 5.91 Å². The summed E-state index contributed by atoms with van der Waals surface area (Å²) < 4.78 is 0. The maximum atomic E-state index is 12.0. The fourth-order valence-corrected chi connectivity index (χ4v) is 2.53. The van der Waals surface area contributed by atoms with Crippen LogP contribution in [0.3, 0.4) is 0 Å². The van der Waals surface area contributed by atoms with E-state index in [2.05, 4.69) is 22.2 Å². The van der Waals surface area contributed by atoms with Gasteiger partial charge in [0.15, 0.2) is 0 Å². The zero-order valence-corrected chi connectivity index (χ0v) is 11.9. The van der Waals surface area contributed by atoms with Crippen LogP contribution < -0.4 is 16.0 Å². The Labute approximate surface area is 119 Å². The predicted molar refractivity (Wildman–Crippen MR) is 81.1 cm³/mol. The summed E-state index contributed by atoms with van der Waals surface area (Å²) in [4.78, 5) is 16.6. The normalized spacial score (nSPS) is 19.9. The lowest BCUT2D eigenvalue weighted by Crippen LogP contribution is -2.44. The van der Waals surface area contributed by atoms with Gasteiger partial charge >= 0.3 is 0 Å². The first-order valence-electron chi connectivity index (χ1n) is 7.27. The average molecular weight is 274 g/mol. The van der Waals surface area contributed by atoms with Crippen molar-refractivity contribution in [2.75, 3.05) is 43.9 Å². The number of hydrogen-bond donors (Lipinski definition) is 2. The molecule has 1 aromatic rings. The van der Waals surface area contributed by atoms with Gasteiger partial charge in [0, 0.05) is 37.8 Å². The molecule has 3 N–H and O–H groups in total. The molecule has 1 saturated heterocycles. The molecule has 0 bridgehead atoms. The number of benzene rings is 1. The molecule has 20 heavy (non-hydrogen) atoms. The molecule has 1 aromatic carbocycles. The van der Waals surface area contributed by atoms with Crippen LogP contribution in [0.4, 0.5) is 11.4 Å². The predicted octanol–water partition coefficient (Wildman–Crippen LogP) is 0.913. The van der Waals surface area contributed by atoms with E-state index < -0.39 is 0 Å². The monoisotopic (exact) mass is 274 g/mol. The molecule has 0 atom stereocenters. The van der Waals surface area contributed by atoms with Crippen LogP contribution >= 0.6 is 0 Å². The number of hydrogen-bond acceptors (Lipinski definition) is 4. The molecule has 2 aliphatic rings. The molecule has 0 aromatic heterocycles. The molecule has 5 nitrogen and oxygen atoms in total. The van der Waals surface area contributed by atoms with Crippen molar-refractivity contribution in [3.63, 3.8) is 0 Å². The van der Waals surface area contributed by atoms with Gasteiger partial charge in [-0.05, 0) is 38.1 Å². The standard InChI is InChI=1S/C15H22N4O/c1-18-6-8-19(9-7-18)14-5-2-11(10-13(14)16)15(20)17-12-3-4-12/h2,5,10,12H,3-4,6-9,16H2,1H3,(H,17,20). The first kappa shape index (κ1) is 13.2. The van der Waals surface area contributed by atoms with E-state index in [1.165, 1.54) is 0 Å². The second-order valence-corrected chi connectivity index (χ2v) is 5.81. The molecule has 0 radical (unpaired) electrons. The van der Waals surface area contributed by atoms with Crippen LogP contribution in [0.5, 0.6) is 0 Å². The van der Waals surface area contributed by atoms with Crippen LogP contribution in [0.25, 0.3) is 0 Å². The molecule has 1 amide bonds. The van der Waals surface area contributed by atoms with E-state index in [0.717, 1.165) is 44.7 Å². The minimum absolute atomic E-state index is 0.0101. The molecule has 1 saturated carbocycles. The molecule has 1 aliphatic carbocycles. The molecule has 1 aliphatic heterocycles. The summed E-state index contributed by atoms with van der Waals surface area (Å²) in [7, 11) is 2.13. The minimum Gasteiger partial charge on any atom is -0.397 e. The highest BCUT2D eigenvalue weighted by Crippen LogP contribution is 2.26. The van der Waals surface area contributed by atoms with Gasteiger partial charge in [0.1, 0.15) is 0 Å². The highest BCUT2D eigenvalue weighted by Gasteiger charge is 2.24. The van der Waals surface area contributed by atoms with Gasteiger partial charge in [-0.1, -0.05) is 0 Å². The molecular weight excluding hydrogens is 252 g/mol. The minimum atomic E-state index is -0.0101. The number of anilines is 2.